The van der Waals surface area contributed by atoms with Crippen LogP contribution in [0.25, 0.3) is 11.4 Å². The Balaban J connectivity index is 1.89. The Morgan fingerprint density at radius 3 is 2.43 bits per heavy atom. The first kappa shape index (κ1) is 15.1. The van der Waals surface area contributed by atoms with E-state index in [9.17, 15) is 13.2 Å². The molecule has 2 N–H and O–H groups in total. The van der Waals surface area contributed by atoms with Crippen molar-refractivity contribution in [2.24, 2.45) is 0 Å². The molecule has 3 rings (SSSR count). The van der Waals surface area contributed by atoms with E-state index in [4.69, 9.17) is 5.73 Å². The molecular formula is C17H14F3N3. The largest absolute Gasteiger partial charge is 0.416 e. The second kappa shape index (κ2) is 5.79. The van der Waals surface area contributed by atoms with Crippen molar-refractivity contribution in [3.8, 4) is 11.4 Å². The van der Waals surface area contributed by atoms with Gasteiger partial charge < -0.3 is 10.3 Å². The van der Waals surface area contributed by atoms with Gasteiger partial charge in [-0.1, -0.05) is 24.3 Å². The van der Waals surface area contributed by atoms with E-state index in [0.717, 1.165) is 17.7 Å². The average Bonchev–Trinajstić information content (AvgIpc) is 2.94. The van der Waals surface area contributed by atoms with Crippen LogP contribution in [0, 0.1) is 0 Å². The molecule has 1 aromatic heterocycles. The molecule has 0 saturated carbocycles. The molecule has 0 amide bonds. The Morgan fingerprint density at radius 1 is 1.04 bits per heavy atom. The van der Waals surface area contributed by atoms with Crippen LogP contribution in [-0.4, -0.2) is 9.55 Å². The molecule has 3 nitrogen and oxygen atoms in total. The number of nitrogen functional groups attached to an aromatic ring is 1. The second-order valence-electron chi connectivity index (χ2n) is 5.20. The molecule has 0 atom stereocenters. The lowest BCUT2D eigenvalue weighted by atomic mass is 10.1. The summed E-state index contributed by atoms with van der Waals surface area (Å²) in [5.74, 6) is 0.612. The number of imidazole rings is 1. The zero-order chi connectivity index (χ0) is 16.4. The molecule has 0 spiro atoms. The number of hydrogen-bond donors (Lipinski definition) is 1. The summed E-state index contributed by atoms with van der Waals surface area (Å²) in [5.41, 5.74) is 7.38. The zero-order valence-electron chi connectivity index (χ0n) is 12.1. The molecule has 0 radical (unpaired) electrons. The molecule has 0 bridgehead atoms. The summed E-state index contributed by atoms with van der Waals surface area (Å²) in [6.07, 6.45) is -0.926. The normalized spacial score (nSPS) is 11.6. The van der Waals surface area contributed by atoms with Crippen LogP contribution >= 0.6 is 0 Å². The second-order valence-corrected chi connectivity index (χ2v) is 5.20. The lowest BCUT2D eigenvalue weighted by molar-refractivity contribution is -0.137. The molecule has 2 aromatic carbocycles. The highest BCUT2D eigenvalue weighted by atomic mass is 19.4. The third-order valence-electron chi connectivity index (χ3n) is 3.49. The van der Waals surface area contributed by atoms with Crippen LogP contribution in [0.1, 0.15) is 11.1 Å². The van der Waals surface area contributed by atoms with E-state index < -0.39 is 11.7 Å². The molecule has 0 aliphatic rings. The highest BCUT2D eigenvalue weighted by molar-refractivity contribution is 5.56. The SMILES string of the molecule is Nc1cccc(Cn2ccnc2-c2ccc(C(F)(F)F)cc2)c1. The van der Waals surface area contributed by atoms with Crippen molar-refractivity contribution < 1.29 is 13.2 Å². The maximum Gasteiger partial charge on any atom is 0.416 e. The first-order valence-corrected chi connectivity index (χ1v) is 6.97. The number of nitrogens with zero attached hydrogens (tertiary/aromatic N) is 2. The Labute approximate surface area is 131 Å². The molecule has 0 unspecified atom stereocenters. The van der Waals surface area contributed by atoms with E-state index in [1.54, 1.807) is 18.5 Å². The standard InChI is InChI=1S/C17H14F3N3/c18-17(19,20)14-6-4-13(5-7-14)16-22-8-9-23(16)11-12-2-1-3-15(21)10-12/h1-10H,11,21H2. The monoisotopic (exact) mass is 317 g/mol. The van der Waals surface area contributed by atoms with Gasteiger partial charge >= 0.3 is 6.18 Å². The van der Waals surface area contributed by atoms with Crippen molar-refractivity contribution in [3.63, 3.8) is 0 Å². The quantitative estimate of drug-likeness (QED) is 0.736. The van der Waals surface area contributed by atoms with Gasteiger partial charge in [-0.2, -0.15) is 13.2 Å². The van der Waals surface area contributed by atoms with Gasteiger partial charge in [0.15, 0.2) is 0 Å². The fraction of sp³-hybridized carbons (Fsp3) is 0.118. The summed E-state index contributed by atoms with van der Waals surface area (Å²) < 4.78 is 39.8. The van der Waals surface area contributed by atoms with Crippen molar-refractivity contribution in [1.29, 1.82) is 0 Å². The fourth-order valence-electron chi connectivity index (χ4n) is 2.39. The van der Waals surface area contributed by atoms with Crippen LogP contribution in [0.3, 0.4) is 0 Å². The van der Waals surface area contributed by atoms with Crippen molar-refractivity contribution in [2.75, 3.05) is 5.73 Å². The van der Waals surface area contributed by atoms with Gasteiger partial charge in [-0.25, -0.2) is 4.98 Å². The van der Waals surface area contributed by atoms with Crippen molar-refractivity contribution in [1.82, 2.24) is 9.55 Å². The molecule has 0 aliphatic heterocycles. The summed E-state index contributed by atoms with van der Waals surface area (Å²) >= 11 is 0. The number of rotatable bonds is 3. The molecule has 118 valence electrons. The molecular weight excluding hydrogens is 303 g/mol. The minimum Gasteiger partial charge on any atom is -0.399 e. The first-order chi connectivity index (χ1) is 10.9. The Hall–Kier alpha value is -2.76. The first-order valence-electron chi connectivity index (χ1n) is 6.97. The topological polar surface area (TPSA) is 43.8 Å². The van der Waals surface area contributed by atoms with Gasteiger partial charge in [0.2, 0.25) is 0 Å². The number of nitrogens with two attached hydrogens (primary N) is 1. The van der Waals surface area contributed by atoms with Gasteiger partial charge in [0.05, 0.1) is 5.56 Å². The highest BCUT2D eigenvalue weighted by Crippen LogP contribution is 2.30. The van der Waals surface area contributed by atoms with Crippen LogP contribution in [0.4, 0.5) is 18.9 Å². The Kier molecular flexibility index (Phi) is 3.82. The lowest BCUT2D eigenvalue weighted by Gasteiger charge is -2.10. The van der Waals surface area contributed by atoms with E-state index in [2.05, 4.69) is 4.98 Å². The van der Waals surface area contributed by atoms with Crippen LogP contribution < -0.4 is 5.73 Å². The Bertz CT molecular complexity index is 804. The summed E-state index contributed by atoms with van der Waals surface area (Å²) in [4.78, 5) is 4.25. The number of halogens is 3. The summed E-state index contributed by atoms with van der Waals surface area (Å²) in [7, 11) is 0. The van der Waals surface area contributed by atoms with Crippen molar-refractivity contribution in [2.45, 2.75) is 12.7 Å². The number of hydrogen-bond acceptors (Lipinski definition) is 2. The van der Waals surface area contributed by atoms with Crippen molar-refractivity contribution in [3.05, 3.63) is 72.1 Å². The van der Waals surface area contributed by atoms with Gasteiger partial charge in [0.25, 0.3) is 0 Å². The van der Waals surface area contributed by atoms with E-state index in [0.29, 0.717) is 23.6 Å². The predicted molar refractivity (Wildman–Crippen MR) is 82.6 cm³/mol. The van der Waals surface area contributed by atoms with Gasteiger partial charge in [0.1, 0.15) is 5.82 Å². The highest BCUT2D eigenvalue weighted by Gasteiger charge is 2.30. The smallest absolute Gasteiger partial charge is 0.399 e. The van der Waals surface area contributed by atoms with E-state index in [1.165, 1.54) is 12.1 Å². The van der Waals surface area contributed by atoms with Gasteiger partial charge in [-0.15, -0.1) is 0 Å². The number of aromatic nitrogens is 2. The maximum absolute atomic E-state index is 12.6. The number of benzene rings is 2. The number of alkyl halides is 3. The van der Waals surface area contributed by atoms with Crippen LogP contribution in [-0.2, 0) is 12.7 Å². The number of anilines is 1. The summed E-state index contributed by atoms with van der Waals surface area (Å²) in [6.45, 7) is 0.543. The summed E-state index contributed by atoms with van der Waals surface area (Å²) in [6, 6.07) is 12.4. The minimum atomic E-state index is -4.34. The molecule has 0 saturated heterocycles. The van der Waals surface area contributed by atoms with E-state index in [-0.39, 0.29) is 0 Å². The third-order valence-corrected chi connectivity index (χ3v) is 3.49. The maximum atomic E-state index is 12.6. The minimum absolute atomic E-state index is 0.543. The lowest BCUT2D eigenvalue weighted by Crippen LogP contribution is -2.05. The zero-order valence-corrected chi connectivity index (χ0v) is 12.1. The molecule has 3 aromatic rings. The predicted octanol–water partition coefficient (Wildman–Crippen LogP) is 4.20. The van der Waals surface area contributed by atoms with Crippen LogP contribution in [0.15, 0.2) is 60.9 Å². The third kappa shape index (κ3) is 3.36. The van der Waals surface area contributed by atoms with Crippen LogP contribution in [0.2, 0.25) is 0 Å². The molecule has 0 aliphatic carbocycles. The van der Waals surface area contributed by atoms with Gasteiger partial charge in [-0.3, -0.25) is 0 Å². The molecule has 0 fully saturated rings. The van der Waals surface area contributed by atoms with Crippen molar-refractivity contribution >= 4 is 5.69 Å². The molecule has 1 heterocycles. The van der Waals surface area contributed by atoms with Gasteiger partial charge in [-0.05, 0) is 29.8 Å². The van der Waals surface area contributed by atoms with Crippen LogP contribution in [0.5, 0.6) is 0 Å². The summed E-state index contributed by atoms with van der Waals surface area (Å²) in [5, 5.41) is 0. The fourth-order valence-corrected chi connectivity index (χ4v) is 2.39. The average molecular weight is 317 g/mol. The van der Waals surface area contributed by atoms with E-state index in [1.807, 2.05) is 22.8 Å². The molecule has 6 heteroatoms. The Morgan fingerprint density at radius 2 is 1.78 bits per heavy atom. The van der Waals surface area contributed by atoms with Gasteiger partial charge in [0, 0.05) is 30.2 Å². The van der Waals surface area contributed by atoms with E-state index >= 15 is 0 Å². The molecule has 23 heavy (non-hydrogen) atoms.